The Hall–Kier alpha value is -1.41. The molecule has 0 amide bonds. The van der Waals surface area contributed by atoms with Crippen LogP contribution in [0, 0.1) is 19.7 Å². The quantitative estimate of drug-likeness (QED) is 0.677. The summed E-state index contributed by atoms with van der Waals surface area (Å²) in [5.41, 5.74) is 3.79. The van der Waals surface area contributed by atoms with Gasteiger partial charge in [-0.1, -0.05) is 11.6 Å². The Morgan fingerprint density at radius 2 is 1.75 bits per heavy atom. The second kappa shape index (κ2) is 4.22. The van der Waals surface area contributed by atoms with Crippen molar-refractivity contribution in [3.05, 3.63) is 52.6 Å². The summed E-state index contributed by atoms with van der Waals surface area (Å²) in [5, 5.41) is 0.445. The highest BCUT2D eigenvalue weighted by molar-refractivity contribution is 6.29. The molecule has 2 aromatic rings. The standard InChI is InChI=1S/C13H11ClFN/c1-8-5-11(15)6-9(2)13(8)10-3-4-16-12(14)7-10/h3-7H,1-2H3. The number of hydrogen-bond acceptors (Lipinski definition) is 1. The van der Waals surface area contributed by atoms with Gasteiger partial charge in [-0.2, -0.15) is 0 Å². The molecule has 0 unspecified atom stereocenters. The molecule has 0 N–H and O–H groups in total. The summed E-state index contributed by atoms with van der Waals surface area (Å²) in [7, 11) is 0. The van der Waals surface area contributed by atoms with Crippen molar-refractivity contribution >= 4 is 11.6 Å². The zero-order valence-corrected chi connectivity index (χ0v) is 9.85. The van der Waals surface area contributed by atoms with E-state index in [0.29, 0.717) is 5.15 Å². The Kier molecular flexibility index (Phi) is 2.92. The molecule has 82 valence electrons. The Morgan fingerprint density at radius 3 is 2.31 bits per heavy atom. The third-order valence-electron chi connectivity index (χ3n) is 2.51. The molecule has 1 nitrogen and oxygen atoms in total. The molecular formula is C13H11ClFN. The fraction of sp³-hybridized carbons (Fsp3) is 0.154. The number of hydrogen-bond donors (Lipinski definition) is 0. The number of aromatic nitrogens is 1. The van der Waals surface area contributed by atoms with Crippen LogP contribution in [0.3, 0.4) is 0 Å². The van der Waals surface area contributed by atoms with Crippen LogP contribution in [0.15, 0.2) is 30.5 Å². The van der Waals surface area contributed by atoms with Crippen LogP contribution >= 0.6 is 11.6 Å². The molecule has 16 heavy (non-hydrogen) atoms. The fourth-order valence-electron chi connectivity index (χ4n) is 1.92. The van der Waals surface area contributed by atoms with Crippen molar-refractivity contribution in [1.82, 2.24) is 4.98 Å². The van der Waals surface area contributed by atoms with E-state index in [1.165, 1.54) is 12.1 Å². The molecule has 0 radical (unpaired) electrons. The minimum atomic E-state index is -0.209. The summed E-state index contributed by atoms with van der Waals surface area (Å²) in [6.45, 7) is 3.78. The van der Waals surface area contributed by atoms with E-state index in [1.807, 2.05) is 19.9 Å². The van der Waals surface area contributed by atoms with Gasteiger partial charge in [0, 0.05) is 6.20 Å². The van der Waals surface area contributed by atoms with Gasteiger partial charge in [0.25, 0.3) is 0 Å². The number of pyridine rings is 1. The smallest absolute Gasteiger partial charge is 0.129 e. The van der Waals surface area contributed by atoms with Crippen LogP contribution in [0.5, 0.6) is 0 Å². The van der Waals surface area contributed by atoms with Crippen LogP contribution < -0.4 is 0 Å². The first kappa shape index (κ1) is 11.1. The zero-order chi connectivity index (χ0) is 11.7. The molecule has 1 heterocycles. The Balaban J connectivity index is 2.64. The van der Waals surface area contributed by atoms with E-state index in [9.17, 15) is 4.39 Å². The maximum atomic E-state index is 13.2. The molecular weight excluding hydrogens is 225 g/mol. The average molecular weight is 236 g/mol. The molecule has 0 saturated carbocycles. The molecule has 3 heteroatoms. The van der Waals surface area contributed by atoms with Crippen LogP contribution in [-0.4, -0.2) is 4.98 Å². The summed E-state index contributed by atoms with van der Waals surface area (Å²) in [6, 6.07) is 6.71. The van der Waals surface area contributed by atoms with Crippen LogP contribution in [0.25, 0.3) is 11.1 Å². The third-order valence-corrected chi connectivity index (χ3v) is 2.72. The van der Waals surface area contributed by atoms with Gasteiger partial charge in [-0.05, 0) is 60.4 Å². The predicted octanol–water partition coefficient (Wildman–Crippen LogP) is 4.16. The van der Waals surface area contributed by atoms with Crippen molar-refractivity contribution in [2.45, 2.75) is 13.8 Å². The van der Waals surface area contributed by atoms with Gasteiger partial charge in [-0.15, -0.1) is 0 Å². The summed E-state index contributed by atoms with van der Waals surface area (Å²) >= 11 is 5.85. The van der Waals surface area contributed by atoms with E-state index in [1.54, 1.807) is 12.3 Å². The Bertz CT molecular complexity index is 514. The van der Waals surface area contributed by atoms with E-state index in [-0.39, 0.29) is 5.82 Å². The summed E-state index contributed by atoms with van der Waals surface area (Å²) in [5.74, 6) is -0.209. The molecule has 1 aromatic heterocycles. The van der Waals surface area contributed by atoms with Crippen LogP contribution in [0.1, 0.15) is 11.1 Å². The van der Waals surface area contributed by atoms with Gasteiger partial charge < -0.3 is 0 Å². The molecule has 0 atom stereocenters. The summed E-state index contributed by atoms with van der Waals surface area (Å²) < 4.78 is 13.2. The lowest BCUT2D eigenvalue weighted by molar-refractivity contribution is 0.625. The lowest BCUT2D eigenvalue weighted by atomic mass is 9.96. The largest absolute Gasteiger partial charge is 0.245 e. The second-order valence-corrected chi connectivity index (χ2v) is 4.17. The maximum absolute atomic E-state index is 13.2. The molecule has 0 aliphatic carbocycles. The Morgan fingerprint density at radius 1 is 1.12 bits per heavy atom. The minimum absolute atomic E-state index is 0.209. The van der Waals surface area contributed by atoms with Crippen molar-refractivity contribution < 1.29 is 4.39 Å². The van der Waals surface area contributed by atoms with E-state index in [4.69, 9.17) is 11.6 Å². The zero-order valence-electron chi connectivity index (χ0n) is 9.09. The number of rotatable bonds is 1. The number of benzene rings is 1. The molecule has 0 spiro atoms. The molecule has 0 aliphatic rings. The number of halogens is 2. The molecule has 0 saturated heterocycles. The summed E-state index contributed by atoms with van der Waals surface area (Å²) in [6.07, 6.45) is 1.65. The lowest BCUT2D eigenvalue weighted by Crippen LogP contribution is -1.91. The van der Waals surface area contributed by atoms with Crippen molar-refractivity contribution in [1.29, 1.82) is 0 Å². The van der Waals surface area contributed by atoms with Gasteiger partial charge in [-0.25, -0.2) is 9.37 Å². The van der Waals surface area contributed by atoms with Crippen molar-refractivity contribution in [2.75, 3.05) is 0 Å². The second-order valence-electron chi connectivity index (χ2n) is 3.78. The molecule has 0 aliphatic heterocycles. The van der Waals surface area contributed by atoms with E-state index in [0.717, 1.165) is 22.3 Å². The first-order valence-corrected chi connectivity index (χ1v) is 5.34. The SMILES string of the molecule is Cc1cc(F)cc(C)c1-c1ccnc(Cl)c1. The average Bonchev–Trinajstić information content (AvgIpc) is 2.15. The first-order valence-electron chi connectivity index (χ1n) is 4.96. The molecule has 0 fully saturated rings. The number of nitrogens with zero attached hydrogens (tertiary/aromatic N) is 1. The van der Waals surface area contributed by atoms with E-state index >= 15 is 0 Å². The lowest BCUT2D eigenvalue weighted by Gasteiger charge is -2.10. The molecule has 1 aromatic carbocycles. The van der Waals surface area contributed by atoms with Gasteiger partial charge in [0.15, 0.2) is 0 Å². The third kappa shape index (κ3) is 2.07. The fourth-order valence-corrected chi connectivity index (χ4v) is 2.10. The topological polar surface area (TPSA) is 12.9 Å². The van der Waals surface area contributed by atoms with Gasteiger partial charge in [0.05, 0.1) is 0 Å². The molecule has 2 rings (SSSR count). The van der Waals surface area contributed by atoms with Crippen molar-refractivity contribution in [3.63, 3.8) is 0 Å². The van der Waals surface area contributed by atoms with Crippen LogP contribution in [-0.2, 0) is 0 Å². The normalized spacial score (nSPS) is 10.5. The predicted molar refractivity (Wildman–Crippen MR) is 64.1 cm³/mol. The highest BCUT2D eigenvalue weighted by atomic mass is 35.5. The first-order chi connectivity index (χ1) is 7.58. The van der Waals surface area contributed by atoms with E-state index < -0.39 is 0 Å². The highest BCUT2D eigenvalue weighted by Gasteiger charge is 2.08. The van der Waals surface area contributed by atoms with Gasteiger partial charge in [0.2, 0.25) is 0 Å². The van der Waals surface area contributed by atoms with Gasteiger partial charge in [0.1, 0.15) is 11.0 Å². The van der Waals surface area contributed by atoms with Gasteiger partial charge >= 0.3 is 0 Å². The maximum Gasteiger partial charge on any atom is 0.129 e. The monoisotopic (exact) mass is 235 g/mol. The van der Waals surface area contributed by atoms with E-state index in [2.05, 4.69) is 4.98 Å². The molecule has 0 bridgehead atoms. The van der Waals surface area contributed by atoms with Crippen LogP contribution in [0.4, 0.5) is 4.39 Å². The minimum Gasteiger partial charge on any atom is -0.245 e. The Labute approximate surface area is 98.9 Å². The highest BCUT2D eigenvalue weighted by Crippen LogP contribution is 2.28. The van der Waals surface area contributed by atoms with Crippen molar-refractivity contribution in [3.8, 4) is 11.1 Å². The number of aryl methyl sites for hydroxylation is 2. The summed E-state index contributed by atoms with van der Waals surface area (Å²) in [4.78, 5) is 3.93. The van der Waals surface area contributed by atoms with Crippen LogP contribution in [0.2, 0.25) is 5.15 Å². The van der Waals surface area contributed by atoms with Crippen molar-refractivity contribution in [2.24, 2.45) is 0 Å². The van der Waals surface area contributed by atoms with Gasteiger partial charge in [-0.3, -0.25) is 0 Å².